The third kappa shape index (κ3) is 5.15. The van der Waals surface area contributed by atoms with Gasteiger partial charge >= 0.3 is 6.18 Å². The molecule has 1 rings (SSSR count). The van der Waals surface area contributed by atoms with Crippen LogP contribution < -0.4 is 0 Å². The Morgan fingerprint density at radius 1 is 1.21 bits per heavy atom. The maximum absolute atomic E-state index is 12.9. The molecule has 0 amide bonds. The lowest BCUT2D eigenvalue weighted by atomic mass is 9.97. The molecule has 1 atom stereocenters. The van der Waals surface area contributed by atoms with Crippen LogP contribution in [-0.2, 0) is 6.18 Å². The van der Waals surface area contributed by atoms with Crippen LogP contribution >= 0.6 is 15.9 Å². The standard InChI is InChI=1S/C14H18BrF3O/c1-2-3-4-5-6-13(19)11-8-7-10(15)9-12(11)14(16,17)18/h7-9,13,19H,2-6H2,1H3. The Morgan fingerprint density at radius 3 is 2.47 bits per heavy atom. The van der Waals surface area contributed by atoms with Gasteiger partial charge in [-0.3, -0.25) is 0 Å². The maximum Gasteiger partial charge on any atom is 0.416 e. The summed E-state index contributed by atoms with van der Waals surface area (Å²) in [6, 6.07) is 3.89. The number of aliphatic hydroxyl groups is 1. The van der Waals surface area contributed by atoms with Crippen LogP contribution in [0.2, 0.25) is 0 Å². The van der Waals surface area contributed by atoms with E-state index in [1.54, 1.807) is 0 Å². The van der Waals surface area contributed by atoms with E-state index in [-0.39, 0.29) is 5.56 Å². The molecule has 0 aliphatic rings. The molecular formula is C14H18BrF3O. The van der Waals surface area contributed by atoms with E-state index in [1.807, 2.05) is 0 Å². The van der Waals surface area contributed by atoms with E-state index in [0.29, 0.717) is 10.9 Å². The van der Waals surface area contributed by atoms with Gasteiger partial charge in [-0.25, -0.2) is 0 Å². The summed E-state index contributed by atoms with van der Waals surface area (Å²) in [7, 11) is 0. The van der Waals surface area contributed by atoms with Crippen molar-refractivity contribution in [3.63, 3.8) is 0 Å². The van der Waals surface area contributed by atoms with Crippen molar-refractivity contribution in [3.8, 4) is 0 Å². The molecule has 0 saturated heterocycles. The van der Waals surface area contributed by atoms with E-state index >= 15 is 0 Å². The minimum Gasteiger partial charge on any atom is -0.388 e. The van der Waals surface area contributed by atoms with Gasteiger partial charge in [-0.1, -0.05) is 54.6 Å². The van der Waals surface area contributed by atoms with Gasteiger partial charge in [0.15, 0.2) is 0 Å². The van der Waals surface area contributed by atoms with Gasteiger partial charge in [0, 0.05) is 4.47 Å². The summed E-state index contributed by atoms with van der Waals surface area (Å²) >= 11 is 3.03. The molecule has 0 aliphatic heterocycles. The summed E-state index contributed by atoms with van der Waals surface area (Å²) < 4.78 is 39.1. The summed E-state index contributed by atoms with van der Waals surface area (Å²) in [5, 5.41) is 9.94. The Kier molecular flexibility index (Phi) is 6.33. The molecule has 0 heterocycles. The van der Waals surface area contributed by atoms with Crippen molar-refractivity contribution < 1.29 is 18.3 Å². The molecule has 1 nitrogen and oxygen atoms in total. The zero-order chi connectivity index (χ0) is 14.5. The van der Waals surface area contributed by atoms with Gasteiger partial charge in [-0.2, -0.15) is 13.2 Å². The maximum atomic E-state index is 12.9. The van der Waals surface area contributed by atoms with Crippen LogP contribution in [0.4, 0.5) is 13.2 Å². The molecule has 19 heavy (non-hydrogen) atoms. The SMILES string of the molecule is CCCCCCC(O)c1ccc(Br)cc1C(F)(F)F. The first kappa shape index (κ1) is 16.5. The third-order valence-corrected chi connectivity index (χ3v) is 3.50. The molecule has 1 N–H and O–H groups in total. The normalized spacial score (nSPS) is 13.6. The molecule has 0 saturated carbocycles. The fourth-order valence-electron chi connectivity index (χ4n) is 1.98. The zero-order valence-electron chi connectivity index (χ0n) is 10.8. The molecule has 0 radical (unpaired) electrons. The van der Waals surface area contributed by atoms with Crippen molar-refractivity contribution in [2.24, 2.45) is 0 Å². The summed E-state index contributed by atoms with van der Waals surface area (Å²) in [6.45, 7) is 2.06. The fraction of sp³-hybridized carbons (Fsp3) is 0.571. The van der Waals surface area contributed by atoms with Gasteiger partial charge < -0.3 is 5.11 Å². The predicted molar refractivity (Wildman–Crippen MR) is 72.9 cm³/mol. The molecule has 108 valence electrons. The van der Waals surface area contributed by atoms with Crippen molar-refractivity contribution in [1.82, 2.24) is 0 Å². The molecule has 1 aromatic carbocycles. The van der Waals surface area contributed by atoms with E-state index in [9.17, 15) is 18.3 Å². The Balaban J connectivity index is 2.81. The van der Waals surface area contributed by atoms with Crippen LogP contribution in [0.5, 0.6) is 0 Å². The smallest absolute Gasteiger partial charge is 0.388 e. The minimum absolute atomic E-state index is 0.0350. The fourth-order valence-corrected chi connectivity index (χ4v) is 2.35. The van der Waals surface area contributed by atoms with Crippen molar-refractivity contribution in [3.05, 3.63) is 33.8 Å². The molecule has 5 heteroatoms. The topological polar surface area (TPSA) is 20.2 Å². The lowest BCUT2D eigenvalue weighted by Gasteiger charge is -2.18. The van der Waals surface area contributed by atoms with E-state index in [1.165, 1.54) is 12.1 Å². The largest absolute Gasteiger partial charge is 0.416 e. The summed E-state index contributed by atoms with van der Waals surface area (Å²) in [5.41, 5.74) is -0.794. The molecule has 0 fully saturated rings. The highest BCUT2D eigenvalue weighted by Gasteiger charge is 2.35. The average molecular weight is 339 g/mol. The van der Waals surface area contributed by atoms with Crippen molar-refractivity contribution in [1.29, 1.82) is 0 Å². The quantitative estimate of drug-likeness (QED) is 0.681. The second-order valence-electron chi connectivity index (χ2n) is 4.59. The number of aliphatic hydroxyl groups excluding tert-OH is 1. The average Bonchev–Trinajstić information content (AvgIpc) is 2.33. The second-order valence-corrected chi connectivity index (χ2v) is 5.51. The first-order chi connectivity index (χ1) is 8.86. The van der Waals surface area contributed by atoms with Crippen LogP contribution in [0.3, 0.4) is 0 Å². The van der Waals surface area contributed by atoms with E-state index in [4.69, 9.17) is 0 Å². The van der Waals surface area contributed by atoms with E-state index < -0.39 is 17.8 Å². The number of hydrogen-bond acceptors (Lipinski definition) is 1. The first-order valence-corrected chi connectivity index (χ1v) is 7.20. The lowest BCUT2D eigenvalue weighted by molar-refractivity contribution is -0.139. The molecule has 1 aromatic rings. The Bertz CT molecular complexity index is 404. The van der Waals surface area contributed by atoms with Crippen LogP contribution in [0.25, 0.3) is 0 Å². The third-order valence-electron chi connectivity index (χ3n) is 3.01. The molecule has 0 aromatic heterocycles. The van der Waals surface area contributed by atoms with E-state index in [0.717, 1.165) is 31.7 Å². The Labute approximate surface area is 120 Å². The van der Waals surface area contributed by atoms with Gasteiger partial charge in [-0.05, 0) is 24.1 Å². The van der Waals surface area contributed by atoms with Crippen LogP contribution in [-0.4, -0.2) is 5.11 Å². The van der Waals surface area contributed by atoms with Crippen LogP contribution in [0, 0.1) is 0 Å². The number of benzene rings is 1. The highest BCUT2D eigenvalue weighted by Crippen LogP contribution is 2.37. The number of unbranched alkanes of at least 4 members (excludes halogenated alkanes) is 3. The van der Waals surface area contributed by atoms with Crippen molar-refractivity contribution >= 4 is 15.9 Å². The minimum atomic E-state index is -4.44. The molecule has 0 bridgehead atoms. The van der Waals surface area contributed by atoms with Gasteiger partial charge in [0.1, 0.15) is 0 Å². The van der Waals surface area contributed by atoms with Gasteiger partial charge in [-0.15, -0.1) is 0 Å². The zero-order valence-corrected chi connectivity index (χ0v) is 12.4. The molecular weight excluding hydrogens is 321 g/mol. The van der Waals surface area contributed by atoms with Crippen molar-refractivity contribution in [2.45, 2.75) is 51.3 Å². The summed E-state index contributed by atoms with van der Waals surface area (Å²) in [4.78, 5) is 0. The lowest BCUT2D eigenvalue weighted by Crippen LogP contribution is -2.12. The monoisotopic (exact) mass is 338 g/mol. The molecule has 1 unspecified atom stereocenters. The van der Waals surface area contributed by atoms with Gasteiger partial charge in [0.25, 0.3) is 0 Å². The molecule has 0 spiro atoms. The van der Waals surface area contributed by atoms with Gasteiger partial charge in [0.2, 0.25) is 0 Å². The number of halogens is 4. The second kappa shape index (κ2) is 7.29. The highest BCUT2D eigenvalue weighted by atomic mass is 79.9. The number of rotatable bonds is 6. The number of alkyl halides is 3. The number of hydrogen-bond donors (Lipinski definition) is 1. The first-order valence-electron chi connectivity index (χ1n) is 6.41. The van der Waals surface area contributed by atoms with Crippen LogP contribution in [0.1, 0.15) is 56.3 Å². The summed E-state index contributed by atoms with van der Waals surface area (Å²) in [6.07, 6.45) is -1.36. The summed E-state index contributed by atoms with van der Waals surface area (Å²) in [5.74, 6) is 0. The Hall–Kier alpha value is -0.550. The van der Waals surface area contributed by atoms with E-state index in [2.05, 4.69) is 22.9 Å². The predicted octanol–water partition coefficient (Wildman–Crippen LogP) is 5.47. The van der Waals surface area contributed by atoms with Gasteiger partial charge in [0.05, 0.1) is 11.7 Å². The molecule has 0 aliphatic carbocycles. The van der Waals surface area contributed by atoms with Crippen molar-refractivity contribution in [2.75, 3.05) is 0 Å². The highest BCUT2D eigenvalue weighted by molar-refractivity contribution is 9.10. The van der Waals surface area contributed by atoms with Crippen LogP contribution in [0.15, 0.2) is 22.7 Å². The Morgan fingerprint density at radius 2 is 1.89 bits per heavy atom.